The minimum atomic E-state index is 0.139. The van der Waals surface area contributed by atoms with Gasteiger partial charge in [0.1, 0.15) is 0 Å². The third kappa shape index (κ3) is 3.04. The molecule has 0 bridgehead atoms. The Balaban J connectivity index is 1.94. The highest BCUT2D eigenvalue weighted by Crippen LogP contribution is 2.27. The second kappa shape index (κ2) is 5.60. The van der Waals surface area contributed by atoms with E-state index >= 15 is 0 Å². The highest BCUT2D eigenvalue weighted by Gasteiger charge is 2.23. The molecule has 4 nitrogen and oxygen atoms in total. The highest BCUT2D eigenvalue weighted by atomic mass is 32.1. The predicted molar refractivity (Wildman–Crippen MR) is 70.2 cm³/mol. The van der Waals surface area contributed by atoms with Gasteiger partial charge in [0.2, 0.25) is 5.91 Å². The Morgan fingerprint density at radius 1 is 1.53 bits per heavy atom. The van der Waals surface area contributed by atoms with Crippen LogP contribution in [0.1, 0.15) is 44.3 Å². The van der Waals surface area contributed by atoms with Crippen molar-refractivity contribution in [3.05, 3.63) is 11.1 Å². The fourth-order valence-electron chi connectivity index (χ4n) is 2.09. The molecule has 1 saturated carbocycles. The van der Waals surface area contributed by atoms with E-state index in [-0.39, 0.29) is 17.9 Å². The number of hydrogen-bond donors (Lipinski definition) is 2. The minimum absolute atomic E-state index is 0.139. The molecule has 0 saturated heterocycles. The van der Waals surface area contributed by atoms with E-state index in [2.05, 4.69) is 22.5 Å². The molecule has 1 aliphatic rings. The topological polar surface area (TPSA) is 54.0 Å². The second-order valence-corrected chi connectivity index (χ2v) is 5.42. The molecule has 1 aliphatic carbocycles. The van der Waals surface area contributed by atoms with Crippen molar-refractivity contribution in [3.8, 4) is 0 Å². The van der Waals surface area contributed by atoms with Gasteiger partial charge in [-0.25, -0.2) is 4.98 Å². The Morgan fingerprint density at radius 2 is 2.24 bits per heavy atom. The molecule has 2 rings (SSSR count). The van der Waals surface area contributed by atoms with Gasteiger partial charge in [0, 0.05) is 17.3 Å². The maximum atomic E-state index is 11.9. The number of aromatic nitrogens is 1. The van der Waals surface area contributed by atoms with Crippen LogP contribution in [0.2, 0.25) is 0 Å². The molecule has 2 N–H and O–H groups in total. The van der Waals surface area contributed by atoms with Gasteiger partial charge in [0.15, 0.2) is 5.13 Å². The summed E-state index contributed by atoms with van der Waals surface area (Å²) in [5.41, 5.74) is 0.985. The van der Waals surface area contributed by atoms with Gasteiger partial charge in [0.25, 0.3) is 0 Å². The van der Waals surface area contributed by atoms with Crippen molar-refractivity contribution in [1.29, 1.82) is 0 Å². The van der Waals surface area contributed by atoms with Crippen LogP contribution in [0.25, 0.3) is 0 Å². The molecule has 1 aromatic rings. The maximum Gasteiger partial charge on any atom is 0.229 e. The molecule has 1 unspecified atom stereocenters. The van der Waals surface area contributed by atoms with Gasteiger partial charge in [0.05, 0.1) is 5.69 Å². The normalized spacial score (nSPS) is 18.2. The summed E-state index contributed by atoms with van der Waals surface area (Å²) in [6.45, 7) is 2.05. The number of anilines is 1. The van der Waals surface area contributed by atoms with Crippen molar-refractivity contribution < 1.29 is 4.79 Å². The van der Waals surface area contributed by atoms with Gasteiger partial charge in [-0.2, -0.15) is 0 Å². The molecule has 1 aromatic heterocycles. The van der Waals surface area contributed by atoms with E-state index in [1.165, 1.54) is 24.2 Å². The first kappa shape index (κ1) is 12.5. The van der Waals surface area contributed by atoms with E-state index in [4.69, 9.17) is 0 Å². The third-order valence-corrected chi connectivity index (χ3v) is 4.13. The van der Waals surface area contributed by atoms with Crippen LogP contribution in [0.5, 0.6) is 0 Å². The lowest BCUT2D eigenvalue weighted by Crippen LogP contribution is -2.20. The van der Waals surface area contributed by atoms with Gasteiger partial charge in [-0.1, -0.05) is 12.8 Å². The van der Waals surface area contributed by atoms with Gasteiger partial charge in [-0.15, -0.1) is 11.3 Å². The summed E-state index contributed by atoms with van der Waals surface area (Å²) in [6, 6.07) is 0.225. The quantitative estimate of drug-likeness (QED) is 0.867. The number of rotatable bonds is 4. The number of carbonyl (C=O) groups is 1. The lowest BCUT2D eigenvalue weighted by Gasteiger charge is -2.08. The summed E-state index contributed by atoms with van der Waals surface area (Å²) in [7, 11) is 1.90. The molecule has 5 heteroatoms. The van der Waals surface area contributed by atoms with Gasteiger partial charge in [-0.05, 0) is 26.8 Å². The van der Waals surface area contributed by atoms with Crippen LogP contribution in [-0.2, 0) is 4.79 Å². The molecule has 0 radical (unpaired) electrons. The van der Waals surface area contributed by atoms with E-state index in [0.29, 0.717) is 0 Å². The van der Waals surface area contributed by atoms with Gasteiger partial charge >= 0.3 is 0 Å². The summed E-state index contributed by atoms with van der Waals surface area (Å²) in [5.74, 6) is 0.338. The first-order chi connectivity index (χ1) is 8.20. The number of carbonyl (C=O) groups excluding carboxylic acids is 1. The summed E-state index contributed by atoms with van der Waals surface area (Å²) in [4.78, 5) is 16.3. The Kier molecular flexibility index (Phi) is 4.12. The lowest BCUT2D eigenvalue weighted by molar-refractivity contribution is -0.119. The zero-order valence-corrected chi connectivity index (χ0v) is 11.1. The van der Waals surface area contributed by atoms with Gasteiger partial charge in [-0.3, -0.25) is 4.79 Å². The van der Waals surface area contributed by atoms with Crippen LogP contribution in [0.4, 0.5) is 5.13 Å². The van der Waals surface area contributed by atoms with Crippen LogP contribution in [0.15, 0.2) is 5.38 Å². The molecule has 1 amide bonds. The van der Waals surface area contributed by atoms with E-state index in [1.807, 2.05) is 12.4 Å². The largest absolute Gasteiger partial charge is 0.312 e. The molecule has 1 fully saturated rings. The smallest absolute Gasteiger partial charge is 0.229 e. The zero-order chi connectivity index (χ0) is 12.3. The van der Waals surface area contributed by atoms with E-state index in [0.717, 1.165) is 23.7 Å². The summed E-state index contributed by atoms with van der Waals surface area (Å²) in [5, 5.41) is 8.77. The third-order valence-electron chi connectivity index (χ3n) is 3.35. The van der Waals surface area contributed by atoms with Crippen molar-refractivity contribution in [3.63, 3.8) is 0 Å². The number of thiazole rings is 1. The summed E-state index contributed by atoms with van der Waals surface area (Å²) in [6.07, 6.45) is 4.41. The van der Waals surface area contributed by atoms with Gasteiger partial charge < -0.3 is 10.6 Å². The second-order valence-electron chi connectivity index (χ2n) is 4.56. The van der Waals surface area contributed by atoms with Crippen molar-refractivity contribution in [2.45, 2.75) is 38.6 Å². The monoisotopic (exact) mass is 253 g/mol. The fraction of sp³-hybridized carbons (Fsp3) is 0.667. The van der Waals surface area contributed by atoms with Crippen molar-refractivity contribution in [2.24, 2.45) is 5.92 Å². The zero-order valence-electron chi connectivity index (χ0n) is 10.3. The molecule has 0 spiro atoms. The molecule has 94 valence electrons. The predicted octanol–water partition coefficient (Wildman–Crippen LogP) is 2.55. The van der Waals surface area contributed by atoms with Crippen LogP contribution in [0, 0.1) is 5.92 Å². The molecule has 1 heterocycles. The van der Waals surface area contributed by atoms with Crippen molar-refractivity contribution in [1.82, 2.24) is 10.3 Å². The summed E-state index contributed by atoms with van der Waals surface area (Å²) >= 11 is 1.50. The molecular formula is C12H19N3OS. The molecule has 0 aliphatic heterocycles. The van der Waals surface area contributed by atoms with E-state index in [9.17, 15) is 4.79 Å². The van der Waals surface area contributed by atoms with E-state index < -0.39 is 0 Å². The number of nitrogens with zero attached hydrogens (tertiary/aromatic N) is 1. The number of nitrogens with one attached hydrogen (secondary N) is 2. The first-order valence-electron chi connectivity index (χ1n) is 6.14. The van der Waals surface area contributed by atoms with E-state index in [1.54, 1.807) is 0 Å². The van der Waals surface area contributed by atoms with Crippen molar-refractivity contribution in [2.75, 3.05) is 12.4 Å². The molecular weight excluding hydrogens is 234 g/mol. The first-order valence-corrected chi connectivity index (χ1v) is 7.02. The average Bonchev–Trinajstić information content (AvgIpc) is 2.98. The highest BCUT2D eigenvalue weighted by molar-refractivity contribution is 7.13. The standard InChI is InChI=1S/C12H19N3OS/c1-8(13-2)10-7-17-12(14-10)15-11(16)9-5-3-4-6-9/h7-9,13H,3-6H2,1-2H3,(H,14,15,16). The molecule has 17 heavy (non-hydrogen) atoms. The minimum Gasteiger partial charge on any atom is -0.312 e. The van der Waals surface area contributed by atoms with Crippen LogP contribution in [-0.4, -0.2) is 17.9 Å². The Labute approximate surface area is 106 Å². The SMILES string of the molecule is CNC(C)c1csc(NC(=O)C2CCCC2)n1. The number of amides is 1. The summed E-state index contributed by atoms with van der Waals surface area (Å²) < 4.78 is 0. The fourth-order valence-corrected chi connectivity index (χ4v) is 2.89. The molecule has 1 atom stereocenters. The number of hydrogen-bond acceptors (Lipinski definition) is 4. The van der Waals surface area contributed by atoms with Crippen LogP contribution in [0.3, 0.4) is 0 Å². The Bertz CT molecular complexity index is 385. The molecule has 0 aromatic carbocycles. The van der Waals surface area contributed by atoms with Crippen LogP contribution < -0.4 is 10.6 Å². The Morgan fingerprint density at radius 3 is 2.88 bits per heavy atom. The average molecular weight is 253 g/mol. The van der Waals surface area contributed by atoms with Crippen molar-refractivity contribution >= 4 is 22.4 Å². The lowest BCUT2D eigenvalue weighted by atomic mass is 10.1. The van der Waals surface area contributed by atoms with Crippen LogP contribution >= 0.6 is 11.3 Å². The Hall–Kier alpha value is -0.940. The maximum absolute atomic E-state index is 11.9.